The van der Waals surface area contributed by atoms with Gasteiger partial charge in [0.05, 0.1) is 12.1 Å². The van der Waals surface area contributed by atoms with Crippen molar-refractivity contribution >= 4 is 17.7 Å². The minimum atomic E-state index is -0.835. The lowest BCUT2D eigenvalue weighted by atomic mass is 9.98. The van der Waals surface area contributed by atoms with Crippen LogP contribution in [0.4, 0.5) is 5.82 Å². The molecule has 1 aromatic heterocycles. The SMILES string of the molecule is C#CCNC(=O)c1ccc(NC(C)(C)CCC(=O)O)nc1. The zero-order chi connectivity index (χ0) is 15.9. The Bertz CT molecular complexity index is 544. The maximum absolute atomic E-state index is 11.6. The number of carbonyl (C=O) groups is 2. The van der Waals surface area contributed by atoms with Crippen molar-refractivity contribution in [3.05, 3.63) is 23.9 Å². The average molecular weight is 289 g/mol. The van der Waals surface area contributed by atoms with Crippen LogP contribution in [-0.4, -0.2) is 34.1 Å². The summed E-state index contributed by atoms with van der Waals surface area (Å²) in [5.41, 5.74) is 0.0117. The van der Waals surface area contributed by atoms with Gasteiger partial charge in [0, 0.05) is 18.2 Å². The standard InChI is InChI=1S/C15H19N3O3/c1-4-9-16-14(21)11-5-6-12(17-10-11)18-15(2,3)8-7-13(19)20/h1,5-6,10H,7-9H2,2-3H3,(H,16,21)(H,17,18)(H,19,20). The molecule has 1 aromatic rings. The Morgan fingerprint density at radius 1 is 1.43 bits per heavy atom. The highest BCUT2D eigenvalue weighted by molar-refractivity contribution is 5.94. The number of amides is 1. The molecule has 1 amide bonds. The maximum Gasteiger partial charge on any atom is 0.303 e. The highest BCUT2D eigenvalue weighted by Gasteiger charge is 2.19. The Labute approximate surface area is 124 Å². The number of aromatic nitrogens is 1. The molecule has 3 N–H and O–H groups in total. The largest absolute Gasteiger partial charge is 0.481 e. The molecule has 0 saturated heterocycles. The number of hydrogen-bond donors (Lipinski definition) is 3. The van der Waals surface area contributed by atoms with Crippen LogP contribution >= 0.6 is 0 Å². The summed E-state index contributed by atoms with van der Waals surface area (Å²) < 4.78 is 0. The van der Waals surface area contributed by atoms with E-state index < -0.39 is 11.5 Å². The van der Waals surface area contributed by atoms with E-state index in [0.717, 1.165) is 0 Å². The Balaban J connectivity index is 2.64. The van der Waals surface area contributed by atoms with Crippen molar-refractivity contribution in [3.8, 4) is 12.3 Å². The van der Waals surface area contributed by atoms with Gasteiger partial charge in [0.25, 0.3) is 5.91 Å². The normalized spacial score (nSPS) is 10.5. The van der Waals surface area contributed by atoms with Crippen LogP contribution in [0.5, 0.6) is 0 Å². The lowest BCUT2D eigenvalue weighted by molar-refractivity contribution is -0.137. The number of terminal acetylenes is 1. The van der Waals surface area contributed by atoms with Crippen LogP contribution in [0.2, 0.25) is 0 Å². The van der Waals surface area contributed by atoms with E-state index in [9.17, 15) is 9.59 Å². The Morgan fingerprint density at radius 2 is 2.14 bits per heavy atom. The minimum absolute atomic E-state index is 0.0760. The molecule has 21 heavy (non-hydrogen) atoms. The van der Waals surface area contributed by atoms with E-state index >= 15 is 0 Å². The van der Waals surface area contributed by atoms with Gasteiger partial charge < -0.3 is 15.7 Å². The van der Waals surface area contributed by atoms with Crippen LogP contribution in [0.3, 0.4) is 0 Å². The number of nitrogens with one attached hydrogen (secondary N) is 2. The van der Waals surface area contributed by atoms with Gasteiger partial charge >= 0.3 is 5.97 Å². The molecule has 0 aliphatic rings. The molecule has 0 radical (unpaired) electrons. The zero-order valence-corrected chi connectivity index (χ0v) is 12.1. The molecular weight excluding hydrogens is 270 g/mol. The number of hydrogen-bond acceptors (Lipinski definition) is 4. The van der Waals surface area contributed by atoms with Crippen molar-refractivity contribution < 1.29 is 14.7 Å². The maximum atomic E-state index is 11.6. The molecular formula is C15H19N3O3. The van der Waals surface area contributed by atoms with Gasteiger partial charge in [-0.05, 0) is 32.4 Å². The second-order valence-corrected chi connectivity index (χ2v) is 5.22. The molecule has 6 nitrogen and oxygen atoms in total. The molecule has 112 valence electrons. The van der Waals surface area contributed by atoms with Crippen LogP contribution < -0.4 is 10.6 Å². The number of anilines is 1. The molecule has 0 aromatic carbocycles. The van der Waals surface area contributed by atoms with Crippen molar-refractivity contribution in [1.29, 1.82) is 0 Å². The number of aliphatic carboxylic acids is 1. The predicted octanol–water partition coefficient (Wildman–Crippen LogP) is 1.50. The van der Waals surface area contributed by atoms with Crippen molar-refractivity contribution in [2.24, 2.45) is 0 Å². The van der Waals surface area contributed by atoms with Crippen molar-refractivity contribution in [2.75, 3.05) is 11.9 Å². The number of carbonyl (C=O) groups excluding carboxylic acids is 1. The quantitative estimate of drug-likeness (QED) is 0.662. The lowest BCUT2D eigenvalue weighted by Crippen LogP contribution is -2.32. The highest BCUT2D eigenvalue weighted by Crippen LogP contribution is 2.18. The monoisotopic (exact) mass is 289 g/mol. The average Bonchev–Trinajstić information content (AvgIpc) is 2.43. The summed E-state index contributed by atoms with van der Waals surface area (Å²) in [6.45, 7) is 3.96. The van der Waals surface area contributed by atoms with Crippen LogP contribution in [0.1, 0.15) is 37.0 Å². The summed E-state index contributed by atoms with van der Waals surface area (Å²) in [6, 6.07) is 3.31. The van der Waals surface area contributed by atoms with Crippen LogP contribution in [0.15, 0.2) is 18.3 Å². The molecule has 0 saturated carbocycles. The first kappa shape index (κ1) is 16.5. The highest BCUT2D eigenvalue weighted by atomic mass is 16.4. The molecule has 0 atom stereocenters. The third-order valence-electron chi connectivity index (χ3n) is 2.81. The molecule has 1 rings (SSSR count). The van der Waals surface area contributed by atoms with Gasteiger partial charge in [-0.15, -0.1) is 6.42 Å². The van der Waals surface area contributed by atoms with E-state index in [2.05, 4.69) is 21.5 Å². The first-order valence-corrected chi connectivity index (χ1v) is 6.52. The Kier molecular flexibility index (Phi) is 5.73. The smallest absolute Gasteiger partial charge is 0.303 e. The topological polar surface area (TPSA) is 91.3 Å². The zero-order valence-electron chi connectivity index (χ0n) is 12.1. The lowest BCUT2D eigenvalue weighted by Gasteiger charge is -2.26. The number of pyridine rings is 1. The molecule has 0 spiro atoms. The summed E-state index contributed by atoms with van der Waals surface area (Å²) in [4.78, 5) is 26.4. The van der Waals surface area contributed by atoms with E-state index in [-0.39, 0.29) is 18.9 Å². The van der Waals surface area contributed by atoms with Gasteiger partial charge in [-0.3, -0.25) is 9.59 Å². The van der Waals surface area contributed by atoms with Crippen molar-refractivity contribution in [2.45, 2.75) is 32.2 Å². The second-order valence-electron chi connectivity index (χ2n) is 5.22. The third-order valence-corrected chi connectivity index (χ3v) is 2.81. The van der Waals surface area contributed by atoms with Crippen LogP contribution in [0.25, 0.3) is 0 Å². The summed E-state index contributed by atoms with van der Waals surface area (Å²) in [5, 5.41) is 14.4. The molecule has 0 aliphatic heterocycles. The predicted molar refractivity (Wildman–Crippen MR) is 80.0 cm³/mol. The van der Waals surface area contributed by atoms with E-state index in [1.165, 1.54) is 6.20 Å². The summed E-state index contributed by atoms with van der Waals surface area (Å²) in [6.07, 6.45) is 7.05. The van der Waals surface area contributed by atoms with Gasteiger partial charge in [-0.2, -0.15) is 0 Å². The molecule has 6 heteroatoms. The molecule has 0 aliphatic carbocycles. The van der Waals surface area contributed by atoms with E-state index in [4.69, 9.17) is 11.5 Å². The van der Waals surface area contributed by atoms with E-state index in [1.54, 1.807) is 12.1 Å². The van der Waals surface area contributed by atoms with Crippen molar-refractivity contribution in [3.63, 3.8) is 0 Å². The molecule has 1 heterocycles. The van der Waals surface area contributed by atoms with Gasteiger partial charge in [0.15, 0.2) is 0 Å². The van der Waals surface area contributed by atoms with Gasteiger partial charge in [-0.1, -0.05) is 5.92 Å². The van der Waals surface area contributed by atoms with Crippen LogP contribution in [0, 0.1) is 12.3 Å². The van der Waals surface area contributed by atoms with E-state index in [1.807, 2.05) is 13.8 Å². The first-order chi connectivity index (χ1) is 9.84. The fourth-order valence-electron chi connectivity index (χ4n) is 1.66. The molecule has 0 fully saturated rings. The van der Waals surface area contributed by atoms with Gasteiger partial charge in [0.2, 0.25) is 0 Å². The second kappa shape index (κ2) is 7.29. The van der Waals surface area contributed by atoms with Crippen LogP contribution in [-0.2, 0) is 4.79 Å². The Morgan fingerprint density at radius 3 is 2.67 bits per heavy atom. The number of rotatable bonds is 7. The minimum Gasteiger partial charge on any atom is -0.481 e. The fraction of sp³-hybridized carbons (Fsp3) is 0.400. The van der Waals surface area contributed by atoms with Crippen molar-refractivity contribution in [1.82, 2.24) is 10.3 Å². The summed E-state index contributed by atoms with van der Waals surface area (Å²) in [7, 11) is 0. The van der Waals surface area contributed by atoms with Gasteiger partial charge in [-0.25, -0.2) is 4.98 Å². The number of nitrogens with zero attached hydrogens (tertiary/aromatic N) is 1. The number of carboxylic acids is 1. The molecule has 0 unspecified atom stereocenters. The first-order valence-electron chi connectivity index (χ1n) is 6.52. The van der Waals surface area contributed by atoms with Gasteiger partial charge in [0.1, 0.15) is 5.82 Å². The number of carboxylic acid groups (broad SMARTS) is 1. The molecule has 0 bridgehead atoms. The Hall–Kier alpha value is -2.55. The van der Waals surface area contributed by atoms with E-state index in [0.29, 0.717) is 17.8 Å². The fourth-order valence-corrected chi connectivity index (χ4v) is 1.66. The summed E-state index contributed by atoms with van der Waals surface area (Å²) >= 11 is 0. The third kappa shape index (κ3) is 5.95. The summed E-state index contributed by atoms with van der Waals surface area (Å²) in [5.74, 6) is 1.79.